The van der Waals surface area contributed by atoms with Gasteiger partial charge in [-0.05, 0) is 12.2 Å². The van der Waals surface area contributed by atoms with Gasteiger partial charge in [-0.15, -0.1) is 0 Å². The highest BCUT2D eigenvalue weighted by Crippen LogP contribution is 2.25. The van der Waals surface area contributed by atoms with E-state index in [1.165, 1.54) is 27.8 Å². The van der Waals surface area contributed by atoms with Gasteiger partial charge in [0.05, 0.1) is 61.5 Å². The standard InChI is InChI=1S/C16H22N10O2/c17-9-5-10(18)12(24-14-8-22-26(2-4-28)16(14)20)6-11(9)23-13-7-21-25(1-3-27)15(13)19/h5-8,17,23,27-28H,1-4,18-20H2/b17-9?,24-12-. The van der Waals surface area contributed by atoms with Crippen molar-refractivity contribution in [3.8, 4) is 0 Å². The number of aliphatic hydroxyl groups is 2. The van der Waals surface area contributed by atoms with E-state index in [2.05, 4.69) is 20.5 Å². The summed E-state index contributed by atoms with van der Waals surface area (Å²) in [5, 5.41) is 37.4. The van der Waals surface area contributed by atoms with Crippen LogP contribution in [0.15, 0.2) is 40.9 Å². The molecule has 0 spiro atoms. The Morgan fingerprint density at radius 2 is 1.64 bits per heavy atom. The van der Waals surface area contributed by atoms with E-state index in [0.717, 1.165) is 0 Å². The number of rotatable bonds is 7. The third-order valence-electron chi connectivity index (χ3n) is 4.04. The molecule has 2 aromatic rings. The van der Waals surface area contributed by atoms with Crippen LogP contribution >= 0.6 is 0 Å². The Hall–Kier alpha value is -3.64. The summed E-state index contributed by atoms with van der Waals surface area (Å²) in [5.41, 5.74) is 20.1. The van der Waals surface area contributed by atoms with Crippen LogP contribution in [0.4, 0.5) is 23.0 Å². The van der Waals surface area contributed by atoms with Crippen molar-refractivity contribution in [3.05, 3.63) is 35.9 Å². The second-order valence-corrected chi connectivity index (χ2v) is 5.95. The SMILES string of the molecule is N=C1C=C(N)/C(=N\c2cnn(CCO)c2N)C=C1Nc1cnn(CCO)c1N. The molecule has 0 saturated heterocycles. The average Bonchev–Trinajstić information content (AvgIpc) is 3.17. The van der Waals surface area contributed by atoms with E-state index in [9.17, 15) is 0 Å². The Morgan fingerprint density at radius 1 is 1.00 bits per heavy atom. The van der Waals surface area contributed by atoms with Crippen LogP contribution in [-0.4, -0.2) is 54.4 Å². The van der Waals surface area contributed by atoms with E-state index in [4.69, 9.17) is 32.8 Å². The molecule has 0 aromatic carbocycles. The predicted octanol–water partition coefficient (Wildman–Crippen LogP) is -0.827. The van der Waals surface area contributed by atoms with Gasteiger partial charge in [-0.1, -0.05) is 0 Å². The average molecular weight is 386 g/mol. The van der Waals surface area contributed by atoms with Crippen molar-refractivity contribution < 1.29 is 10.2 Å². The number of nitrogens with two attached hydrogens (primary N) is 3. The molecule has 10 N–H and O–H groups in total. The van der Waals surface area contributed by atoms with Gasteiger partial charge in [0.1, 0.15) is 23.0 Å². The van der Waals surface area contributed by atoms with Crippen LogP contribution in [0.2, 0.25) is 0 Å². The van der Waals surface area contributed by atoms with Crippen molar-refractivity contribution in [2.24, 2.45) is 10.7 Å². The molecule has 0 radical (unpaired) electrons. The molecule has 3 rings (SSSR count). The van der Waals surface area contributed by atoms with Crippen molar-refractivity contribution in [3.63, 3.8) is 0 Å². The fourth-order valence-electron chi connectivity index (χ4n) is 2.59. The van der Waals surface area contributed by atoms with E-state index < -0.39 is 0 Å². The summed E-state index contributed by atoms with van der Waals surface area (Å²) in [4.78, 5) is 4.42. The summed E-state index contributed by atoms with van der Waals surface area (Å²) < 4.78 is 2.88. The van der Waals surface area contributed by atoms with Crippen LogP contribution in [0.25, 0.3) is 0 Å². The van der Waals surface area contributed by atoms with Gasteiger partial charge in [0.2, 0.25) is 0 Å². The van der Waals surface area contributed by atoms with Crippen molar-refractivity contribution in [1.29, 1.82) is 5.41 Å². The van der Waals surface area contributed by atoms with Gasteiger partial charge in [-0.2, -0.15) is 10.2 Å². The molecule has 2 heterocycles. The maximum atomic E-state index is 9.03. The van der Waals surface area contributed by atoms with Gasteiger partial charge in [0.25, 0.3) is 0 Å². The zero-order chi connectivity index (χ0) is 20.3. The topological polar surface area (TPSA) is 202 Å². The molecular weight excluding hydrogens is 364 g/mol. The number of nitrogens with zero attached hydrogens (tertiary/aromatic N) is 5. The minimum atomic E-state index is -0.0968. The molecule has 0 atom stereocenters. The van der Waals surface area contributed by atoms with E-state index in [-0.39, 0.29) is 32.0 Å². The van der Waals surface area contributed by atoms with Gasteiger partial charge in [0, 0.05) is 0 Å². The number of anilines is 3. The molecule has 1 aliphatic carbocycles. The molecule has 2 aromatic heterocycles. The number of aliphatic hydroxyl groups excluding tert-OH is 2. The number of hydrogen-bond donors (Lipinski definition) is 7. The zero-order valence-corrected chi connectivity index (χ0v) is 15.0. The number of hydrogen-bond acceptors (Lipinski definition) is 10. The van der Waals surface area contributed by atoms with Crippen molar-refractivity contribution in [2.75, 3.05) is 30.0 Å². The highest BCUT2D eigenvalue weighted by molar-refractivity contribution is 6.24. The van der Waals surface area contributed by atoms with Crippen LogP contribution in [-0.2, 0) is 13.1 Å². The van der Waals surface area contributed by atoms with Gasteiger partial charge in [-0.3, -0.25) is 5.41 Å². The number of allylic oxidation sites excluding steroid dienone is 2. The third-order valence-corrected chi connectivity index (χ3v) is 4.04. The fourth-order valence-corrected chi connectivity index (χ4v) is 2.59. The summed E-state index contributed by atoms with van der Waals surface area (Å²) >= 11 is 0. The lowest BCUT2D eigenvalue weighted by atomic mass is 10.1. The Labute approximate surface area is 160 Å². The molecule has 0 saturated carbocycles. The maximum absolute atomic E-state index is 9.03. The molecule has 0 unspecified atom stereocenters. The van der Waals surface area contributed by atoms with E-state index in [1.54, 1.807) is 6.08 Å². The number of aromatic nitrogens is 4. The summed E-state index contributed by atoms with van der Waals surface area (Å²) in [6, 6.07) is 0. The summed E-state index contributed by atoms with van der Waals surface area (Å²) in [6.07, 6.45) is 6.05. The smallest absolute Gasteiger partial charge is 0.147 e. The first kappa shape index (κ1) is 19.1. The normalized spacial score (nSPS) is 15.6. The van der Waals surface area contributed by atoms with E-state index >= 15 is 0 Å². The van der Waals surface area contributed by atoms with Crippen LogP contribution in [0.5, 0.6) is 0 Å². The van der Waals surface area contributed by atoms with E-state index in [1.807, 2.05) is 0 Å². The Balaban J connectivity index is 1.89. The first-order valence-corrected chi connectivity index (χ1v) is 8.42. The molecular formula is C16H22N10O2. The molecule has 28 heavy (non-hydrogen) atoms. The summed E-state index contributed by atoms with van der Waals surface area (Å²) in [6.45, 7) is 0.332. The Bertz CT molecular complexity index is 982. The Kier molecular flexibility index (Phi) is 5.42. The number of nitrogens with one attached hydrogen (secondary N) is 2. The van der Waals surface area contributed by atoms with Gasteiger partial charge < -0.3 is 32.7 Å². The summed E-state index contributed by atoms with van der Waals surface area (Å²) in [7, 11) is 0. The monoisotopic (exact) mass is 386 g/mol. The van der Waals surface area contributed by atoms with Gasteiger partial charge in [-0.25, -0.2) is 14.4 Å². The van der Waals surface area contributed by atoms with Crippen LogP contribution in [0, 0.1) is 5.41 Å². The molecule has 0 amide bonds. The van der Waals surface area contributed by atoms with Gasteiger partial charge >= 0.3 is 0 Å². The van der Waals surface area contributed by atoms with E-state index in [0.29, 0.717) is 40.1 Å². The van der Waals surface area contributed by atoms with Crippen LogP contribution < -0.4 is 22.5 Å². The lowest BCUT2D eigenvalue weighted by Crippen LogP contribution is -2.22. The molecule has 12 nitrogen and oxygen atoms in total. The van der Waals surface area contributed by atoms with Gasteiger partial charge in [0.15, 0.2) is 0 Å². The quantitative estimate of drug-likeness (QED) is 0.299. The molecule has 12 heteroatoms. The molecule has 148 valence electrons. The number of nitrogen functional groups attached to an aromatic ring is 2. The minimum Gasteiger partial charge on any atom is -0.397 e. The zero-order valence-electron chi connectivity index (χ0n) is 15.0. The van der Waals surface area contributed by atoms with Crippen molar-refractivity contribution >= 4 is 34.4 Å². The first-order valence-electron chi connectivity index (χ1n) is 8.42. The van der Waals surface area contributed by atoms with Crippen LogP contribution in [0.3, 0.4) is 0 Å². The molecule has 0 fully saturated rings. The second kappa shape index (κ2) is 7.94. The summed E-state index contributed by atoms with van der Waals surface area (Å²) in [5.74, 6) is 0.630. The minimum absolute atomic E-state index is 0.0920. The third kappa shape index (κ3) is 3.72. The Morgan fingerprint density at radius 3 is 2.32 bits per heavy atom. The highest BCUT2D eigenvalue weighted by atomic mass is 16.3. The number of aliphatic imine (C=N–C) groups is 1. The largest absolute Gasteiger partial charge is 0.397 e. The predicted molar refractivity (Wildman–Crippen MR) is 106 cm³/mol. The molecule has 0 bridgehead atoms. The lowest BCUT2D eigenvalue weighted by Gasteiger charge is -2.16. The van der Waals surface area contributed by atoms with Crippen molar-refractivity contribution in [1.82, 2.24) is 19.6 Å². The molecule has 0 aliphatic heterocycles. The fraction of sp³-hybridized carbons (Fsp3) is 0.250. The second-order valence-electron chi connectivity index (χ2n) is 5.95. The lowest BCUT2D eigenvalue weighted by molar-refractivity contribution is 0.270. The first-order chi connectivity index (χ1) is 13.4. The van der Waals surface area contributed by atoms with Crippen molar-refractivity contribution in [2.45, 2.75) is 13.1 Å². The molecule has 1 aliphatic rings. The maximum Gasteiger partial charge on any atom is 0.147 e. The highest BCUT2D eigenvalue weighted by Gasteiger charge is 2.18. The van der Waals surface area contributed by atoms with Crippen LogP contribution in [0.1, 0.15) is 0 Å².